The SMILES string of the molecule is COCCN1C(C)=C(C(C)=O)SC1Nc1ccc(OC(F)(F)F)cc1. The number of nitrogens with one attached hydrogen (secondary N) is 1. The highest BCUT2D eigenvalue weighted by molar-refractivity contribution is 8.04. The number of thioether (sulfide) groups is 1. The maximum Gasteiger partial charge on any atom is 0.573 e. The van der Waals surface area contributed by atoms with Crippen molar-refractivity contribution in [3.63, 3.8) is 0 Å². The van der Waals surface area contributed by atoms with Crippen molar-refractivity contribution in [3.8, 4) is 5.75 Å². The fourth-order valence-corrected chi connectivity index (χ4v) is 3.64. The molecule has 1 heterocycles. The average Bonchev–Trinajstić information content (AvgIpc) is 2.82. The Balaban J connectivity index is 2.09. The number of nitrogens with zero attached hydrogens (tertiary/aromatic N) is 1. The average molecular weight is 376 g/mol. The fourth-order valence-electron chi connectivity index (χ4n) is 2.38. The maximum absolute atomic E-state index is 12.2. The Morgan fingerprint density at radius 1 is 1.32 bits per heavy atom. The van der Waals surface area contributed by atoms with Crippen LogP contribution in [0.5, 0.6) is 5.75 Å². The molecule has 9 heteroatoms. The number of hydrogen-bond acceptors (Lipinski definition) is 6. The summed E-state index contributed by atoms with van der Waals surface area (Å²) in [5, 5.41) is 3.21. The number of rotatable bonds is 7. The second kappa shape index (κ2) is 8.01. The van der Waals surface area contributed by atoms with Crippen molar-refractivity contribution in [3.05, 3.63) is 34.9 Å². The summed E-state index contributed by atoms with van der Waals surface area (Å²) < 4.78 is 45.6. The molecule has 1 unspecified atom stereocenters. The van der Waals surface area contributed by atoms with E-state index in [1.807, 2.05) is 11.8 Å². The molecule has 138 valence electrons. The summed E-state index contributed by atoms with van der Waals surface area (Å²) in [5.41, 5.74) is 1.22. The molecule has 0 radical (unpaired) electrons. The molecule has 1 atom stereocenters. The van der Waals surface area contributed by atoms with Crippen LogP contribution in [0.4, 0.5) is 18.9 Å². The summed E-state index contributed by atoms with van der Waals surface area (Å²) in [6.45, 7) is 4.44. The van der Waals surface area contributed by atoms with Gasteiger partial charge in [0, 0.05) is 25.0 Å². The van der Waals surface area contributed by atoms with E-state index in [-0.39, 0.29) is 17.0 Å². The number of alkyl halides is 3. The molecule has 0 fully saturated rings. The Morgan fingerprint density at radius 3 is 2.48 bits per heavy atom. The molecule has 0 bridgehead atoms. The molecule has 1 aliphatic rings. The van der Waals surface area contributed by atoms with Crippen LogP contribution in [0.1, 0.15) is 13.8 Å². The Hall–Kier alpha value is -1.87. The first-order valence-electron chi connectivity index (χ1n) is 7.47. The fraction of sp³-hybridized carbons (Fsp3) is 0.438. The lowest BCUT2D eigenvalue weighted by Gasteiger charge is -2.28. The molecule has 2 rings (SSSR count). The number of carbonyl (C=O) groups excluding carboxylic acids is 1. The predicted molar refractivity (Wildman–Crippen MR) is 90.1 cm³/mol. The van der Waals surface area contributed by atoms with Gasteiger partial charge in [0.05, 0.1) is 11.5 Å². The first kappa shape index (κ1) is 19.5. The maximum atomic E-state index is 12.2. The monoisotopic (exact) mass is 376 g/mol. The molecule has 1 aromatic carbocycles. The number of methoxy groups -OCH3 is 1. The van der Waals surface area contributed by atoms with Crippen LogP contribution in [-0.2, 0) is 9.53 Å². The summed E-state index contributed by atoms with van der Waals surface area (Å²) in [5.74, 6) is -0.310. The van der Waals surface area contributed by atoms with Crippen molar-refractivity contribution in [2.45, 2.75) is 25.7 Å². The van der Waals surface area contributed by atoms with E-state index in [0.29, 0.717) is 23.7 Å². The Morgan fingerprint density at radius 2 is 1.96 bits per heavy atom. The zero-order valence-corrected chi connectivity index (χ0v) is 14.8. The van der Waals surface area contributed by atoms with Crippen molar-refractivity contribution in [1.29, 1.82) is 0 Å². The summed E-state index contributed by atoms with van der Waals surface area (Å²) in [7, 11) is 1.59. The number of ketones is 1. The minimum atomic E-state index is -4.72. The van der Waals surface area contributed by atoms with Crippen LogP contribution < -0.4 is 10.1 Å². The van der Waals surface area contributed by atoms with E-state index in [1.165, 1.54) is 43.0 Å². The van der Waals surface area contributed by atoms with Crippen molar-refractivity contribution in [2.75, 3.05) is 25.6 Å². The summed E-state index contributed by atoms with van der Waals surface area (Å²) in [4.78, 5) is 14.4. The molecule has 0 spiro atoms. The number of hydrogen-bond donors (Lipinski definition) is 1. The van der Waals surface area contributed by atoms with Crippen LogP contribution in [0, 0.1) is 0 Å². The van der Waals surface area contributed by atoms with Gasteiger partial charge in [-0.2, -0.15) is 0 Å². The zero-order valence-electron chi connectivity index (χ0n) is 14.0. The van der Waals surface area contributed by atoms with Gasteiger partial charge in [-0.05, 0) is 38.1 Å². The summed E-state index contributed by atoms with van der Waals surface area (Å²) in [6.07, 6.45) is -4.72. The largest absolute Gasteiger partial charge is 0.573 e. The van der Waals surface area contributed by atoms with Crippen molar-refractivity contribution >= 4 is 23.2 Å². The van der Waals surface area contributed by atoms with Crippen LogP contribution in [0.3, 0.4) is 0 Å². The van der Waals surface area contributed by atoms with Gasteiger partial charge in [0.25, 0.3) is 0 Å². The molecule has 0 amide bonds. The third kappa shape index (κ3) is 5.30. The Labute approximate surface area is 148 Å². The lowest BCUT2D eigenvalue weighted by molar-refractivity contribution is -0.274. The molecule has 0 aliphatic carbocycles. The number of halogens is 3. The smallest absolute Gasteiger partial charge is 0.406 e. The van der Waals surface area contributed by atoms with Crippen molar-refractivity contribution < 1.29 is 27.4 Å². The molecular weight excluding hydrogens is 357 g/mol. The van der Waals surface area contributed by atoms with E-state index in [0.717, 1.165) is 5.70 Å². The standard InChI is InChI=1S/C16H19F3N2O3S/c1-10-14(11(2)22)25-15(21(10)8-9-23-3)20-12-4-6-13(7-5-12)24-16(17,18)19/h4-7,15,20H,8-9H2,1-3H3. The van der Waals surface area contributed by atoms with Crippen LogP contribution in [0.15, 0.2) is 34.9 Å². The molecule has 25 heavy (non-hydrogen) atoms. The van der Waals surface area contributed by atoms with E-state index < -0.39 is 6.36 Å². The van der Waals surface area contributed by atoms with Gasteiger partial charge in [-0.1, -0.05) is 11.8 Å². The number of benzene rings is 1. The normalized spacial score (nSPS) is 17.8. The zero-order chi connectivity index (χ0) is 18.6. The molecule has 1 aliphatic heterocycles. The molecule has 0 saturated carbocycles. The van der Waals surface area contributed by atoms with Crippen molar-refractivity contribution in [2.24, 2.45) is 0 Å². The van der Waals surface area contributed by atoms with Gasteiger partial charge in [0.15, 0.2) is 11.3 Å². The first-order valence-corrected chi connectivity index (χ1v) is 8.35. The van der Waals surface area contributed by atoms with Gasteiger partial charge in [0.2, 0.25) is 0 Å². The molecule has 1 aromatic rings. The van der Waals surface area contributed by atoms with Crippen LogP contribution in [0.2, 0.25) is 0 Å². The third-order valence-corrected chi connectivity index (χ3v) is 4.92. The van der Waals surface area contributed by atoms with E-state index in [9.17, 15) is 18.0 Å². The molecule has 5 nitrogen and oxygen atoms in total. The summed E-state index contributed by atoms with van der Waals surface area (Å²) in [6, 6.07) is 5.47. The predicted octanol–water partition coefficient (Wildman–Crippen LogP) is 3.80. The highest BCUT2D eigenvalue weighted by atomic mass is 32.2. The minimum Gasteiger partial charge on any atom is -0.406 e. The number of ether oxygens (including phenoxy) is 2. The Bertz CT molecular complexity index is 647. The number of anilines is 1. The topological polar surface area (TPSA) is 50.8 Å². The van der Waals surface area contributed by atoms with E-state index in [2.05, 4.69) is 10.1 Å². The van der Waals surface area contributed by atoms with Crippen LogP contribution in [-0.4, -0.2) is 42.8 Å². The molecule has 0 saturated heterocycles. The molecule has 0 aromatic heterocycles. The second-order valence-corrected chi connectivity index (χ2v) is 6.43. The van der Waals surface area contributed by atoms with Crippen LogP contribution >= 0.6 is 11.8 Å². The van der Waals surface area contributed by atoms with Crippen LogP contribution in [0.25, 0.3) is 0 Å². The van der Waals surface area contributed by atoms with Gasteiger partial charge in [-0.3, -0.25) is 4.79 Å². The number of Topliss-reactive ketones (excluding diaryl/α,β-unsaturated/α-hetero) is 1. The highest BCUT2D eigenvalue weighted by Crippen LogP contribution is 2.38. The van der Waals surface area contributed by atoms with Gasteiger partial charge in [0.1, 0.15) is 5.75 Å². The molecular formula is C16H19F3N2O3S. The quantitative estimate of drug-likeness (QED) is 0.781. The Kier molecular flexibility index (Phi) is 6.23. The van der Waals surface area contributed by atoms with E-state index in [4.69, 9.17) is 4.74 Å². The highest BCUT2D eigenvalue weighted by Gasteiger charge is 2.33. The van der Waals surface area contributed by atoms with Gasteiger partial charge in [-0.25, -0.2) is 0 Å². The van der Waals surface area contributed by atoms with Gasteiger partial charge < -0.3 is 19.7 Å². The number of allylic oxidation sites excluding steroid dienone is 2. The molecule has 1 N–H and O–H groups in total. The lowest BCUT2D eigenvalue weighted by atomic mass is 10.3. The second-order valence-electron chi connectivity index (χ2n) is 5.34. The lowest BCUT2D eigenvalue weighted by Crippen LogP contribution is -2.36. The third-order valence-electron chi connectivity index (χ3n) is 3.51. The van der Waals surface area contributed by atoms with E-state index >= 15 is 0 Å². The van der Waals surface area contributed by atoms with Gasteiger partial charge >= 0.3 is 6.36 Å². The summed E-state index contributed by atoms with van der Waals surface area (Å²) >= 11 is 1.37. The van der Waals surface area contributed by atoms with Gasteiger partial charge in [-0.15, -0.1) is 13.2 Å². The minimum absolute atomic E-state index is 0.0249. The number of carbonyl (C=O) groups is 1. The first-order chi connectivity index (χ1) is 11.7. The van der Waals surface area contributed by atoms with Crippen molar-refractivity contribution in [1.82, 2.24) is 4.90 Å². The van der Waals surface area contributed by atoms with E-state index in [1.54, 1.807) is 7.11 Å².